The van der Waals surface area contributed by atoms with Gasteiger partial charge in [-0.05, 0) is 41.7 Å². The maximum absolute atomic E-state index is 9.96. The molecule has 0 bridgehead atoms. The van der Waals surface area contributed by atoms with Gasteiger partial charge in [0, 0.05) is 20.1 Å². The molecule has 3 N–H and O–H groups in total. The number of aliphatic hydroxyl groups is 1. The highest BCUT2D eigenvalue weighted by Gasteiger charge is 2.34. The molecular formula is C12H19N3OS. The normalized spacial score (nSPS) is 18.6. The number of hydrogen-bond donors (Lipinski definition) is 3. The van der Waals surface area contributed by atoms with E-state index in [4.69, 9.17) is 0 Å². The molecule has 1 aromatic heterocycles. The average Bonchev–Trinajstić information content (AvgIpc) is 2.80. The second-order valence-electron chi connectivity index (χ2n) is 4.49. The van der Waals surface area contributed by atoms with Gasteiger partial charge in [0.05, 0.1) is 5.60 Å². The van der Waals surface area contributed by atoms with E-state index in [9.17, 15) is 5.11 Å². The number of nitrogens with one attached hydrogen (secondary N) is 2. The molecule has 17 heavy (non-hydrogen) atoms. The molecule has 0 spiro atoms. The van der Waals surface area contributed by atoms with Gasteiger partial charge in [-0.1, -0.05) is 0 Å². The van der Waals surface area contributed by atoms with E-state index in [1.54, 1.807) is 18.4 Å². The lowest BCUT2D eigenvalue weighted by Gasteiger charge is -2.36. The van der Waals surface area contributed by atoms with Crippen molar-refractivity contribution in [2.75, 3.05) is 13.6 Å². The lowest BCUT2D eigenvalue weighted by Crippen LogP contribution is -2.50. The molecule has 0 radical (unpaired) electrons. The topological polar surface area (TPSA) is 56.7 Å². The van der Waals surface area contributed by atoms with Gasteiger partial charge in [-0.2, -0.15) is 11.3 Å². The predicted molar refractivity (Wildman–Crippen MR) is 71.3 cm³/mol. The van der Waals surface area contributed by atoms with E-state index < -0.39 is 5.60 Å². The monoisotopic (exact) mass is 253 g/mol. The van der Waals surface area contributed by atoms with E-state index in [-0.39, 0.29) is 0 Å². The first kappa shape index (κ1) is 12.4. The van der Waals surface area contributed by atoms with E-state index in [0.29, 0.717) is 6.54 Å². The van der Waals surface area contributed by atoms with Gasteiger partial charge in [0.2, 0.25) is 0 Å². The van der Waals surface area contributed by atoms with E-state index in [1.807, 2.05) is 0 Å². The molecule has 1 aromatic rings. The summed E-state index contributed by atoms with van der Waals surface area (Å²) < 4.78 is 0. The van der Waals surface area contributed by atoms with Crippen LogP contribution in [0.2, 0.25) is 0 Å². The van der Waals surface area contributed by atoms with E-state index in [0.717, 1.165) is 31.8 Å². The number of nitrogens with zero attached hydrogens (tertiary/aromatic N) is 1. The Hall–Kier alpha value is -1.07. The molecule has 1 aliphatic carbocycles. The summed E-state index contributed by atoms with van der Waals surface area (Å²) in [6.07, 6.45) is 2.90. The summed E-state index contributed by atoms with van der Waals surface area (Å²) in [6, 6.07) is 2.09. The van der Waals surface area contributed by atoms with E-state index in [2.05, 4.69) is 32.5 Å². The van der Waals surface area contributed by atoms with Gasteiger partial charge < -0.3 is 15.7 Å². The maximum Gasteiger partial charge on any atom is 0.191 e. The number of rotatable bonds is 4. The molecule has 0 unspecified atom stereocenters. The Balaban J connectivity index is 1.73. The van der Waals surface area contributed by atoms with Crippen LogP contribution in [0.5, 0.6) is 0 Å². The van der Waals surface area contributed by atoms with E-state index in [1.165, 1.54) is 5.56 Å². The van der Waals surface area contributed by atoms with Crippen LogP contribution in [-0.4, -0.2) is 30.3 Å². The highest BCUT2D eigenvalue weighted by atomic mass is 32.1. The Morgan fingerprint density at radius 2 is 2.35 bits per heavy atom. The second-order valence-corrected chi connectivity index (χ2v) is 5.27. The first-order valence-electron chi connectivity index (χ1n) is 5.90. The summed E-state index contributed by atoms with van der Waals surface area (Å²) in [5.74, 6) is 0.747. The Bertz CT molecular complexity index is 371. The molecule has 0 saturated heterocycles. The van der Waals surface area contributed by atoms with Gasteiger partial charge in [0.15, 0.2) is 5.96 Å². The molecule has 0 aromatic carbocycles. The molecule has 1 aliphatic rings. The predicted octanol–water partition coefficient (Wildman–Crippen LogP) is 1.33. The lowest BCUT2D eigenvalue weighted by atomic mass is 9.80. The summed E-state index contributed by atoms with van der Waals surface area (Å²) in [4.78, 5) is 4.14. The van der Waals surface area contributed by atoms with Gasteiger partial charge in [0.25, 0.3) is 0 Å². The smallest absolute Gasteiger partial charge is 0.191 e. The molecule has 0 amide bonds. The fraction of sp³-hybridized carbons (Fsp3) is 0.583. The summed E-state index contributed by atoms with van der Waals surface area (Å²) in [5.41, 5.74) is 0.736. The third-order valence-electron chi connectivity index (χ3n) is 3.13. The Morgan fingerprint density at radius 1 is 1.53 bits per heavy atom. The average molecular weight is 253 g/mol. The first-order chi connectivity index (χ1) is 8.22. The van der Waals surface area contributed by atoms with Crippen molar-refractivity contribution in [2.45, 2.75) is 31.4 Å². The van der Waals surface area contributed by atoms with Crippen LogP contribution in [0.25, 0.3) is 0 Å². The molecule has 94 valence electrons. The molecule has 4 nitrogen and oxygen atoms in total. The summed E-state index contributed by atoms with van der Waals surface area (Å²) in [6.45, 7) is 1.35. The van der Waals surface area contributed by atoms with Crippen molar-refractivity contribution in [3.05, 3.63) is 22.4 Å². The highest BCUT2D eigenvalue weighted by molar-refractivity contribution is 7.07. The molecule has 0 aliphatic heterocycles. The SMILES string of the molecule is CN=C(NCc1ccsc1)NCC1(O)CCC1. The van der Waals surface area contributed by atoms with Crippen molar-refractivity contribution in [3.8, 4) is 0 Å². The summed E-state index contributed by atoms with van der Waals surface area (Å²) in [5, 5.41) is 20.5. The van der Waals surface area contributed by atoms with Gasteiger partial charge in [-0.3, -0.25) is 4.99 Å². The Kier molecular flexibility index (Phi) is 4.02. The maximum atomic E-state index is 9.96. The fourth-order valence-electron chi connectivity index (χ4n) is 1.81. The quantitative estimate of drug-likeness (QED) is 0.560. The molecular weight excluding hydrogens is 234 g/mol. The highest BCUT2D eigenvalue weighted by Crippen LogP contribution is 2.30. The molecule has 1 saturated carbocycles. The van der Waals surface area contributed by atoms with Gasteiger partial charge >= 0.3 is 0 Å². The van der Waals surface area contributed by atoms with Crippen molar-refractivity contribution in [2.24, 2.45) is 4.99 Å². The minimum absolute atomic E-state index is 0.514. The number of hydrogen-bond acceptors (Lipinski definition) is 3. The first-order valence-corrected chi connectivity index (χ1v) is 6.84. The Labute approximate surface area is 106 Å². The van der Waals surface area contributed by atoms with Crippen LogP contribution >= 0.6 is 11.3 Å². The van der Waals surface area contributed by atoms with Gasteiger partial charge in [0.1, 0.15) is 0 Å². The van der Waals surface area contributed by atoms with Gasteiger partial charge in [-0.15, -0.1) is 0 Å². The minimum Gasteiger partial charge on any atom is -0.388 e. The van der Waals surface area contributed by atoms with Crippen LogP contribution in [-0.2, 0) is 6.54 Å². The lowest BCUT2D eigenvalue weighted by molar-refractivity contribution is -0.0279. The molecule has 5 heteroatoms. The zero-order valence-corrected chi connectivity index (χ0v) is 10.9. The number of guanidine groups is 1. The fourth-order valence-corrected chi connectivity index (χ4v) is 2.48. The largest absolute Gasteiger partial charge is 0.388 e. The van der Waals surface area contributed by atoms with E-state index >= 15 is 0 Å². The Morgan fingerprint density at radius 3 is 2.88 bits per heavy atom. The standard InChI is InChI=1S/C12H19N3OS/c1-13-11(14-7-10-3-6-17-8-10)15-9-12(16)4-2-5-12/h3,6,8,16H,2,4-5,7,9H2,1H3,(H2,13,14,15). The van der Waals surface area contributed by atoms with Crippen LogP contribution in [0.3, 0.4) is 0 Å². The zero-order valence-electron chi connectivity index (χ0n) is 10.1. The summed E-state index contributed by atoms with van der Waals surface area (Å²) >= 11 is 1.69. The third kappa shape index (κ3) is 3.44. The van der Waals surface area contributed by atoms with Crippen molar-refractivity contribution in [1.82, 2.24) is 10.6 Å². The molecule has 2 rings (SSSR count). The summed E-state index contributed by atoms with van der Waals surface area (Å²) in [7, 11) is 1.74. The zero-order chi connectivity index (χ0) is 12.1. The van der Waals surface area contributed by atoms with Crippen molar-refractivity contribution < 1.29 is 5.11 Å². The minimum atomic E-state index is -0.514. The van der Waals surface area contributed by atoms with Crippen LogP contribution in [0.15, 0.2) is 21.8 Å². The number of aliphatic imine (C=N–C) groups is 1. The third-order valence-corrected chi connectivity index (χ3v) is 3.86. The van der Waals surface area contributed by atoms with Crippen molar-refractivity contribution >= 4 is 17.3 Å². The molecule has 0 atom stereocenters. The van der Waals surface area contributed by atoms with Crippen LogP contribution in [0.1, 0.15) is 24.8 Å². The van der Waals surface area contributed by atoms with Crippen LogP contribution in [0.4, 0.5) is 0 Å². The van der Waals surface area contributed by atoms with Crippen molar-refractivity contribution in [3.63, 3.8) is 0 Å². The number of thiophene rings is 1. The molecule has 1 fully saturated rings. The molecule has 1 heterocycles. The van der Waals surface area contributed by atoms with Gasteiger partial charge in [-0.25, -0.2) is 0 Å². The van der Waals surface area contributed by atoms with Crippen LogP contribution in [0, 0.1) is 0 Å². The van der Waals surface area contributed by atoms with Crippen LogP contribution < -0.4 is 10.6 Å². The second kappa shape index (κ2) is 5.51. The van der Waals surface area contributed by atoms with Crippen molar-refractivity contribution in [1.29, 1.82) is 0 Å².